The molecule has 1 amide bonds. The quantitative estimate of drug-likeness (QED) is 0.873. The molecule has 0 saturated heterocycles. The predicted molar refractivity (Wildman–Crippen MR) is 67.1 cm³/mol. The number of halogens is 1. The van der Waals surface area contributed by atoms with E-state index in [0.29, 0.717) is 11.3 Å². The van der Waals surface area contributed by atoms with Gasteiger partial charge in [0.05, 0.1) is 5.56 Å². The molecule has 6 heteroatoms. The van der Waals surface area contributed by atoms with E-state index < -0.39 is 11.7 Å². The van der Waals surface area contributed by atoms with Crippen LogP contribution in [0, 0.1) is 5.82 Å². The Hall–Kier alpha value is -2.47. The number of rotatable bonds is 4. The molecule has 0 aliphatic heterocycles. The third-order valence-corrected chi connectivity index (χ3v) is 2.49. The Bertz CT molecular complexity index is 599. The van der Waals surface area contributed by atoms with Crippen molar-refractivity contribution in [3.05, 3.63) is 53.5 Å². The molecule has 0 radical (unpaired) electrons. The molecule has 1 heterocycles. The largest absolute Gasteiger partial charge is 0.439 e. The average molecular weight is 261 g/mol. The van der Waals surface area contributed by atoms with Crippen LogP contribution in [0.2, 0.25) is 0 Å². The fourth-order valence-electron chi connectivity index (χ4n) is 1.46. The maximum absolute atomic E-state index is 13.5. The van der Waals surface area contributed by atoms with E-state index in [1.807, 2.05) is 0 Å². The zero-order chi connectivity index (χ0) is 13.8. The van der Waals surface area contributed by atoms with Crippen molar-refractivity contribution < 1.29 is 13.9 Å². The van der Waals surface area contributed by atoms with E-state index in [2.05, 4.69) is 4.98 Å². The van der Waals surface area contributed by atoms with Crippen molar-refractivity contribution in [2.75, 3.05) is 0 Å². The molecular weight excluding hydrogens is 249 g/mol. The number of hydrogen-bond donors (Lipinski definition) is 2. The van der Waals surface area contributed by atoms with E-state index in [1.165, 1.54) is 24.4 Å². The third kappa shape index (κ3) is 3.05. The van der Waals surface area contributed by atoms with Crippen LogP contribution in [0.25, 0.3) is 0 Å². The lowest BCUT2D eigenvalue weighted by atomic mass is 10.2. The number of aromatic nitrogens is 1. The number of hydrogen-bond acceptors (Lipinski definition) is 4. The summed E-state index contributed by atoms with van der Waals surface area (Å²) in [6.45, 7) is 0.123. The summed E-state index contributed by atoms with van der Waals surface area (Å²) in [6, 6.07) is 7.33. The second-order valence-corrected chi connectivity index (χ2v) is 3.81. The molecule has 98 valence electrons. The minimum Gasteiger partial charge on any atom is -0.439 e. The lowest BCUT2D eigenvalue weighted by Gasteiger charge is -2.06. The number of ether oxygens (including phenoxy) is 1. The summed E-state index contributed by atoms with van der Waals surface area (Å²) >= 11 is 0. The molecule has 1 aromatic carbocycles. The Morgan fingerprint density at radius 1 is 1.32 bits per heavy atom. The van der Waals surface area contributed by atoms with Gasteiger partial charge >= 0.3 is 0 Å². The third-order valence-electron chi connectivity index (χ3n) is 2.49. The lowest BCUT2D eigenvalue weighted by Crippen LogP contribution is -2.10. The van der Waals surface area contributed by atoms with E-state index in [1.54, 1.807) is 12.1 Å². The van der Waals surface area contributed by atoms with Gasteiger partial charge < -0.3 is 16.2 Å². The second kappa shape index (κ2) is 5.45. The van der Waals surface area contributed by atoms with E-state index in [-0.39, 0.29) is 18.0 Å². The highest BCUT2D eigenvalue weighted by molar-refractivity contribution is 5.92. The van der Waals surface area contributed by atoms with Crippen LogP contribution in [-0.2, 0) is 6.54 Å². The van der Waals surface area contributed by atoms with Crippen molar-refractivity contribution in [3.8, 4) is 11.6 Å². The van der Waals surface area contributed by atoms with Gasteiger partial charge in [-0.3, -0.25) is 4.79 Å². The molecule has 2 rings (SSSR count). The van der Waals surface area contributed by atoms with Gasteiger partial charge in [-0.25, -0.2) is 9.37 Å². The smallest absolute Gasteiger partial charge is 0.250 e. The fraction of sp³-hybridized carbons (Fsp3) is 0.0769. The first-order valence-electron chi connectivity index (χ1n) is 5.52. The molecule has 0 fully saturated rings. The van der Waals surface area contributed by atoms with E-state index >= 15 is 0 Å². The number of nitrogens with two attached hydrogens (primary N) is 2. The van der Waals surface area contributed by atoms with Gasteiger partial charge in [0, 0.05) is 30.4 Å². The topological polar surface area (TPSA) is 91.2 Å². The minimum absolute atomic E-state index is 0.123. The summed E-state index contributed by atoms with van der Waals surface area (Å²) in [5, 5.41) is 0. The number of carbonyl (C=O) groups excluding carboxylic acids is 1. The van der Waals surface area contributed by atoms with Gasteiger partial charge in [0.15, 0.2) is 0 Å². The molecule has 0 aliphatic rings. The maximum Gasteiger partial charge on any atom is 0.250 e. The molecular formula is C13H12FN3O2. The number of amides is 1. The first-order chi connectivity index (χ1) is 9.10. The van der Waals surface area contributed by atoms with Crippen LogP contribution >= 0.6 is 0 Å². The van der Waals surface area contributed by atoms with E-state index in [9.17, 15) is 9.18 Å². The maximum atomic E-state index is 13.5. The minimum atomic E-state index is -0.572. The molecule has 0 atom stereocenters. The highest BCUT2D eigenvalue weighted by Gasteiger charge is 2.05. The standard InChI is InChI=1S/C13H12FN3O2/c14-11-5-10(3-1-8(11)6-15)19-12-4-2-9(7-17-12)13(16)18/h1-5,7H,6,15H2,(H2,16,18). The van der Waals surface area contributed by atoms with Gasteiger partial charge in [-0.05, 0) is 12.1 Å². The van der Waals surface area contributed by atoms with E-state index in [4.69, 9.17) is 16.2 Å². The predicted octanol–water partition coefficient (Wildman–Crippen LogP) is 1.57. The van der Waals surface area contributed by atoms with Crippen molar-refractivity contribution in [1.82, 2.24) is 4.98 Å². The number of nitrogens with zero attached hydrogens (tertiary/aromatic N) is 1. The summed E-state index contributed by atoms with van der Waals surface area (Å²) in [7, 11) is 0. The first-order valence-corrected chi connectivity index (χ1v) is 5.52. The van der Waals surface area contributed by atoms with Crippen LogP contribution in [0.4, 0.5) is 4.39 Å². The molecule has 0 spiro atoms. The fourth-order valence-corrected chi connectivity index (χ4v) is 1.46. The monoisotopic (exact) mass is 261 g/mol. The van der Waals surface area contributed by atoms with Crippen LogP contribution in [0.15, 0.2) is 36.5 Å². The van der Waals surface area contributed by atoms with Gasteiger partial charge in [0.1, 0.15) is 11.6 Å². The molecule has 0 saturated carbocycles. The highest BCUT2D eigenvalue weighted by atomic mass is 19.1. The molecule has 0 bridgehead atoms. The number of carbonyl (C=O) groups is 1. The Kier molecular flexibility index (Phi) is 3.72. The normalized spacial score (nSPS) is 10.2. The van der Waals surface area contributed by atoms with Crippen molar-refractivity contribution in [1.29, 1.82) is 0 Å². The van der Waals surface area contributed by atoms with Gasteiger partial charge in [-0.2, -0.15) is 0 Å². The molecule has 2 aromatic rings. The van der Waals surface area contributed by atoms with Crippen molar-refractivity contribution in [3.63, 3.8) is 0 Å². The number of pyridine rings is 1. The van der Waals surface area contributed by atoms with Gasteiger partial charge in [-0.15, -0.1) is 0 Å². The lowest BCUT2D eigenvalue weighted by molar-refractivity contribution is 0.1000. The van der Waals surface area contributed by atoms with Crippen molar-refractivity contribution in [2.24, 2.45) is 11.5 Å². The summed E-state index contributed by atoms with van der Waals surface area (Å²) < 4.78 is 18.8. The Morgan fingerprint density at radius 3 is 2.63 bits per heavy atom. The molecule has 0 aliphatic carbocycles. The molecule has 5 nitrogen and oxygen atoms in total. The van der Waals surface area contributed by atoms with Gasteiger partial charge in [0.2, 0.25) is 11.8 Å². The highest BCUT2D eigenvalue weighted by Crippen LogP contribution is 2.22. The Morgan fingerprint density at radius 2 is 2.11 bits per heavy atom. The van der Waals surface area contributed by atoms with Crippen LogP contribution in [-0.4, -0.2) is 10.9 Å². The van der Waals surface area contributed by atoms with Gasteiger partial charge in [0.25, 0.3) is 0 Å². The van der Waals surface area contributed by atoms with Crippen LogP contribution < -0.4 is 16.2 Å². The van der Waals surface area contributed by atoms with Crippen molar-refractivity contribution >= 4 is 5.91 Å². The summed E-state index contributed by atoms with van der Waals surface area (Å²) in [4.78, 5) is 14.8. The SMILES string of the molecule is NCc1ccc(Oc2ccc(C(N)=O)cn2)cc1F. The number of benzene rings is 1. The summed E-state index contributed by atoms with van der Waals surface area (Å²) in [6.07, 6.45) is 1.29. The molecule has 19 heavy (non-hydrogen) atoms. The van der Waals surface area contributed by atoms with Crippen LogP contribution in [0.3, 0.4) is 0 Å². The average Bonchev–Trinajstić information content (AvgIpc) is 2.39. The summed E-state index contributed by atoms with van der Waals surface area (Å²) in [5.74, 6) is -0.468. The number of primary amides is 1. The zero-order valence-electron chi connectivity index (χ0n) is 9.97. The second-order valence-electron chi connectivity index (χ2n) is 3.81. The Balaban J connectivity index is 2.16. The summed E-state index contributed by atoms with van der Waals surface area (Å²) in [5.41, 5.74) is 11.1. The van der Waals surface area contributed by atoms with Crippen LogP contribution in [0.1, 0.15) is 15.9 Å². The molecule has 4 N–H and O–H groups in total. The first kappa shape index (κ1) is 13.0. The van der Waals surface area contributed by atoms with Crippen molar-refractivity contribution in [2.45, 2.75) is 6.54 Å². The zero-order valence-corrected chi connectivity index (χ0v) is 9.97. The molecule has 0 unspecified atom stereocenters. The van der Waals surface area contributed by atoms with Crippen LogP contribution in [0.5, 0.6) is 11.6 Å². The Labute approximate surface area is 109 Å². The molecule has 1 aromatic heterocycles. The van der Waals surface area contributed by atoms with Gasteiger partial charge in [-0.1, -0.05) is 6.07 Å². The van der Waals surface area contributed by atoms with E-state index in [0.717, 1.165) is 0 Å².